The SMILES string of the molecule is CCOc1ccc(Nc2ccc(Cc3c(-c4ccccc4)n(CC)c4ccccc34)cc2)cc1S(O)(O)O. The van der Waals surface area contributed by atoms with Crippen molar-refractivity contribution in [2.75, 3.05) is 11.9 Å². The Balaban J connectivity index is 1.45. The summed E-state index contributed by atoms with van der Waals surface area (Å²) >= 11 is 0. The van der Waals surface area contributed by atoms with Gasteiger partial charge in [0.15, 0.2) is 0 Å². The lowest BCUT2D eigenvalue weighted by molar-refractivity contribution is 0.320. The molecule has 0 amide bonds. The fourth-order valence-corrected chi connectivity index (χ4v) is 5.64. The molecule has 4 aromatic carbocycles. The first-order valence-corrected chi connectivity index (χ1v) is 14.2. The van der Waals surface area contributed by atoms with Crippen LogP contribution in [0.25, 0.3) is 22.2 Å². The normalized spacial score (nSPS) is 12.0. The monoisotopic (exact) mass is 528 g/mol. The molecule has 1 heterocycles. The van der Waals surface area contributed by atoms with Crippen molar-refractivity contribution in [3.05, 3.63) is 108 Å². The summed E-state index contributed by atoms with van der Waals surface area (Å²) in [5.74, 6) is 0.247. The molecule has 196 valence electrons. The summed E-state index contributed by atoms with van der Waals surface area (Å²) in [5.41, 5.74) is 7.65. The lowest BCUT2D eigenvalue weighted by Crippen LogP contribution is -2.03. The molecular formula is C31H32N2O4S. The van der Waals surface area contributed by atoms with Crippen molar-refractivity contribution in [3.8, 4) is 17.0 Å². The first-order valence-electron chi connectivity index (χ1n) is 12.7. The highest BCUT2D eigenvalue weighted by atomic mass is 32.3. The Morgan fingerprint density at radius 2 is 1.47 bits per heavy atom. The topological polar surface area (TPSA) is 86.9 Å². The van der Waals surface area contributed by atoms with E-state index in [0.29, 0.717) is 12.3 Å². The maximum atomic E-state index is 9.85. The van der Waals surface area contributed by atoms with Crippen molar-refractivity contribution in [2.24, 2.45) is 0 Å². The molecule has 0 aliphatic carbocycles. The predicted octanol–water partition coefficient (Wildman–Crippen LogP) is 8.64. The summed E-state index contributed by atoms with van der Waals surface area (Å²) in [5, 5.41) is 4.54. The van der Waals surface area contributed by atoms with E-state index < -0.39 is 10.9 Å². The molecular weight excluding hydrogens is 496 g/mol. The van der Waals surface area contributed by atoms with Gasteiger partial charge >= 0.3 is 0 Å². The molecule has 1 aromatic heterocycles. The van der Waals surface area contributed by atoms with Crippen molar-refractivity contribution in [3.63, 3.8) is 0 Å². The molecule has 0 saturated carbocycles. The van der Waals surface area contributed by atoms with Crippen molar-refractivity contribution in [1.82, 2.24) is 4.57 Å². The summed E-state index contributed by atoms with van der Waals surface area (Å²) in [7, 11) is -3.92. The van der Waals surface area contributed by atoms with Crippen LogP contribution in [0.1, 0.15) is 25.0 Å². The molecule has 0 radical (unpaired) electrons. The van der Waals surface area contributed by atoms with E-state index in [4.69, 9.17) is 4.74 Å². The minimum atomic E-state index is -3.92. The Hall–Kier alpha value is -3.75. The van der Waals surface area contributed by atoms with E-state index in [9.17, 15) is 13.7 Å². The molecule has 5 aromatic rings. The van der Waals surface area contributed by atoms with Crippen LogP contribution in [0, 0.1) is 0 Å². The maximum absolute atomic E-state index is 9.85. The molecule has 7 heteroatoms. The number of fused-ring (bicyclic) bond motifs is 1. The van der Waals surface area contributed by atoms with Gasteiger partial charge in [0.05, 0.1) is 12.3 Å². The average molecular weight is 529 g/mol. The predicted molar refractivity (Wildman–Crippen MR) is 157 cm³/mol. The van der Waals surface area contributed by atoms with Gasteiger partial charge < -0.3 is 28.3 Å². The lowest BCUT2D eigenvalue weighted by Gasteiger charge is -2.23. The first kappa shape index (κ1) is 25.9. The molecule has 0 fully saturated rings. The van der Waals surface area contributed by atoms with Crippen LogP contribution in [0.2, 0.25) is 0 Å². The van der Waals surface area contributed by atoms with Gasteiger partial charge in [-0.3, -0.25) is 0 Å². The molecule has 0 aliphatic heterocycles. The van der Waals surface area contributed by atoms with Crippen LogP contribution < -0.4 is 10.1 Å². The maximum Gasteiger partial charge on any atom is 0.138 e. The summed E-state index contributed by atoms with van der Waals surface area (Å²) in [6.45, 7) is 5.21. The third-order valence-electron chi connectivity index (χ3n) is 6.60. The number of aromatic nitrogens is 1. The van der Waals surface area contributed by atoms with E-state index >= 15 is 0 Å². The van der Waals surface area contributed by atoms with E-state index in [1.807, 2.05) is 18.2 Å². The number of anilines is 2. The Kier molecular flexibility index (Phi) is 7.44. The Morgan fingerprint density at radius 1 is 0.789 bits per heavy atom. The smallest absolute Gasteiger partial charge is 0.138 e. The van der Waals surface area contributed by atoms with Crippen LogP contribution in [-0.2, 0) is 13.0 Å². The van der Waals surface area contributed by atoms with Crippen LogP contribution in [0.4, 0.5) is 11.4 Å². The Morgan fingerprint density at radius 3 is 2.16 bits per heavy atom. The summed E-state index contributed by atoms with van der Waals surface area (Å²) in [6, 6.07) is 32.2. The van der Waals surface area contributed by atoms with E-state index in [0.717, 1.165) is 18.7 Å². The minimum Gasteiger partial charge on any atom is -0.493 e. The fraction of sp³-hybridized carbons (Fsp3) is 0.161. The van der Waals surface area contributed by atoms with Gasteiger partial charge in [-0.2, -0.15) is 0 Å². The van der Waals surface area contributed by atoms with Crippen LogP contribution >= 0.6 is 10.9 Å². The summed E-state index contributed by atoms with van der Waals surface area (Å²) < 4.78 is 37.4. The molecule has 6 nitrogen and oxygen atoms in total. The second kappa shape index (κ2) is 10.9. The van der Waals surface area contributed by atoms with Gasteiger partial charge in [-0.05, 0) is 66.9 Å². The number of nitrogens with one attached hydrogen (secondary N) is 1. The highest BCUT2D eigenvalue weighted by Crippen LogP contribution is 2.49. The summed E-state index contributed by atoms with van der Waals surface area (Å²) in [6.07, 6.45) is 0.788. The molecule has 0 bridgehead atoms. The lowest BCUT2D eigenvalue weighted by atomic mass is 9.98. The second-order valence-electron chi connectivity index (χ2n) is 9.07. The number of aryl methyl sites for hydroxylation is 1. The largest absolute Gasteiger partial charge is 0.493 e. The van der Waals surface area contributed by atoms with Crippen LogP contribution in [-0.4, -0.2) is 24.8 Å². The number of hydrogen-bond acceptors (Lipinski definition) is 5. The molecule has 4 N–H and O–H groups in total. The van der Waals surface area contributed by atoms with Gasteiger partial charge in [0.1, 0.15) is 21.5 Å². The molecule has 0 atom stereocenters. The van der Waals surface area contributed by atoms with Crippen molar-refractivity contribution in [1.29, 1.82) is 0 Å². The number of benzene rings is 4. The van der Waals surface area contributed by atoms with Gasteiger partial charge in [-0.1, -0.05) is 60.7 Å². The minimum absolute atomic E-state index is 0.0401. The molecule has 0 unspecified atom stereocenters. The van der Waals surface area contributed by atoms with E-state index in [1.165, 1.54) is 39.4 Å². The van der Waals surface area contributed by atoms with Crippen molar-refractivity contribution >= 4 is 33.1 Å². The van der Waals surface area contributed by atoms with Crippen molar-refractivity contribution in [2.45, 2.75) is 31.7 Å². The number of para-hydroxylation sites is 1. The number of ether oxygens (including phenoxy) is 1. The quantitative estimate of drug-likeness (QED) is 0.154. The van der Waals surface area contributed by atoms with Crippen LogP contribution in [0.15, 0.2) is 102 Å². The van der Waals surface area contributed by atoms with E-state index in [2.05, 4.69) is 77.5 Å². The van der Waals surface area contributed by atoms with Gasteiger partial charge in [-0.15, -0.1) is 0 Å². The van der Waals surface area contributed by atoms with Crippen LogP contribution in [0.5, 0.6) is 5.75 Å². The average Bonchev–Trinajstić information content (AvgIpc) is 3.24. The summed E-state index contributed by atoms with van der Waals surface area (Å²) in [4.78, 5) is -0.0401. The Labute approximate surface area is 224 Å². The molecule has 0 saturated heterocycles. The third-order valence-corrected chi connectivity index (χ3v) is 7.51. The zero-order valence-electron chi connectivity index (χ0n) is 21.5. The zero-order chi connectivity index (χ0) is 26.7. The van der Waals surface area contributed by atoms with E-state index in [1.54, 1.807) is 19.1 Å². The number of nitrogens with zero attached hydrogens (tertiary/aromatic N) is 1. The van der Waals surface area contributed by atoms with Gasteiger partial charge in [-0.25, -0.2) is 0 Å². The van der Waals surface area contributed by atoms with Gasteiger partial charge in [0.25, 0.3) is 0 Å². The Bertz CT molecular complexity index is 1540. The fourth-order valence-electron chi connectivity index (χ4n) is 4.96. The van der Waals surface area contributed by atoms with Gasteiger partial charge in [0.2, 0.25) is 0 Å². The second-order valence-corrected chi connectivity index (χ2v) is 10.5. The number of hydrogen-bond donors (Lipinski definition) is 4. The van der Waals surface area contributed by atoms with Gasteiger partial charge in [0, 0.05) is 35.2 Å². The van der Waals surface area contributed by atoms with Crippen molar-refractivity contribution < 1.29 is 18.4 Å². The molecule has 5 rings (SSSR count). The standard InChI is InChI=1S/C31H32N2O4S/c1-3-33-28-13-9-8-12-26(28)27(31(33)23-10-6-5-7-11-23)20-22-14-16-24(17-15-22)32-25-18-19-29(37-4-2)30(21-25)38(34,35)36/h5-19,21,32,34-36H,3-4,20H2,1-2H3. The molecule has 0 spiro atoms. The molecule has 0 aliphatic rings. The first-order chi connectivity index (χ1) is 18.4. The van der Waals surface area contributed by atoms with Crippen LogP contribution in [0.3, 0.4) is 0 Å². The molecule has 38 heavy (non-hydrogen) atoms. The number of rotatable bonds is 9. The van der Waals surface area contributed by atoms with E-state index in [-0.39, 0.29) is 10.6 Å². The highest BCUT2D eigenvalue weighted by Gasteiger charge is 2.22. The highest BCUT2D eigenvalue weighted by molar-refractivity contribution is 8.19. The zero-order valence-corrected chi connectivity index (χ0v) is 22.3. The third kappa shape index (κ3) is 5.28.